The number of hydrogen-bond acceptors (Lipinski definition) is 5. The summed E-state index contributed by atoms with van der Waals surface area (Å²) in [6, 6.07) is 1.98. The van der Waals surface area contributed by atoms with Crippen LogP contribution < -0.4 is 15.5 Å². The summed E-state index contributed by atoms with van der Waals surface area (Å²) in [6.07, 6.45) is 4.09. The monoisotopic (exact) mass is 249 g/mol. The Balaban J connectivity index is 2.07. The van der Waals surface area contributed by atoms with Crippen molar-refractivity contribution in [2.45, 2.75) is 19.8 Å². The largest absolute Gasteiger partial charge is 0.356 e. The summed E-state index contributed by atoms with van der Waals surface area (Å²) in [7, 11) is 3.92. The van der Waals surface area contributed by atoms with Crippen LogP contribution in [0, 0.1) is 5.41 Å². The molecule has 1 aliphatic rings. The Morgan fingerprint density at radius 3 is 2.61 bits per heavy atom. The molecule has 1 aromatic heterocycles. The Bertz CT molecular complexity index is 396. The van der Waals surface area contributed by atoms with Crippen LogP contribution in [0.15, 0.2) is 12.3 Å². The van der Waals surface area contributed by atoms with Crippen LogP contribution in [0.25, 0.3) is 0 Å². The highest BCUT2D eigenvalue weighted by Gasteiger charge is 2.29. The molecule has 2 N–H and O–H groups in total. The lowest BCUT2D eigenvalue weighted by molar-refractivity contribution is 0.258. The molecule has 0 spiro atoms. The van der Waals surface area contributed by atoms with E-state index >= 15 is 0 Å². The quantitative estimate of drug-likeness (QED) is 0.869. The fourth-order valence-electron chi connectivity index (χ4n) is 2.21. The second kappa shape index (κ2) is 5.10. The maximum Gasteiger partial charge on any atom is 0.226 e. The number of nitrogens with zero attached hydrogens (tertiary/aromatic N) is 4. The lowest BCUT2D eigenvalue weighted by Gasteiger charge is -2.39. The Morgan fingerprint density at radius 1 is 1.39 bits per heavy atom. The number of piperidine rings is 1. The van der Waals surface area contributed by atoms with Crippen molar-refractivity contribution >= 4 is 11.8 Å². The van der Waals surface area contributed by atoms with Crippen molar-refractivity contribution in [3.8, 4) is 0 Å². The summed E-state index contributed by atoms with van der Waals surface area (Å²) in [5.41, 5.74) is 6.13. The van der Waals surface area contributed by atoms with Crippen molar-refractivity contribution < 1.29 is 0 Å². The zero-order valence-corrected chi connectivity index (χ0v) is 11.6. The van der Waals surface area contributed by atoms with Crippen molar-refractivity contribution in [1.82, 2.24) is 9.97 Å². The van der Waals surface area contributed by atoms with Gasteiger partial charge in [0.05, 0.1) is 0 Å². The van der Waals surface area contributed by atoms with E-state index in [1.54, 1.807) is 0 Å². The lowest BCUT2D eigenvalue weighted by Crippen LogP contribution is -2.42. The summed E-state index contributed by atoms with van der Waals surface area (Å²) in [5.74, 6) is 1.78. The summed E-state index contributed by atoms with van der Waals surface area (Å²) in [4.78, 5) is 13.1. The molecular formula is C13H23N5. The van der Waals surface area contributed by atoms with Gasteiger partial charge in [-0.25, -0.2) is 4.98 Å². The maximum atomic E-state index is 5.83. The molecule has 0 radical (unpaired) electrons. The standard InChI is InChI=1S/C13H23N5/c1-13(10-14)5-8-18(9-6-13)11-4-7-15-12(16-11)17(2)3/h4,7H,5-6,8-10,14H2,1-3H3. The normalized spacial score (nSPS) is 18.8. The molecule has 0 aliphatic carbocycles. The van der Waals surface area contributed by atoms with E-state index in [0.717, 1.165) is 44.2 Å². The molecule has 0 unspecified atom stereocenters. The predicted molar refractivity (Wildman–Crippen MR) is 75.0 cm³/mol. The first-order valence-electron chi connectivity index (χ1n) is 6.49. The van der Waals surface area contributed by atoms with Gasteiger partial charge in [0.25, 0.3) is 0 Å². The molecule has 18 heavy (non-hydrogen) atoms. The van der Waals surface area contributed by atoms with Crippen LogP contribution >= 0.6 is 0 Å². The second-order valence-corrected chi connectivity index (χ2v) is 5.61. The molecule has 1 aliphatic heterocycles. The number of anilines is 2. The smallest absolute Gasteiger partial charge is 0.226 e. The third-order valence-electron chi connectivity index (χ3n) is 3.82. The second-order valence-electron chi connectivity index (χ2n) is 5.61. The lowest BCUT2D eigenvalue weighted by atomic mass is 9.80. The zero-order valence-electron chi connectivity index (χ0n) is 11.6. The zero-order chi connectivity index (χ0) is 13.2. The predicted octanol–water partition coefficient (Wildman–Crippen LogP) is 1.11. The van der Waals surface area contributed by atoms with E-state index in [1.165, 1.54) is 0 Å². The van der Waals surface area contributed by atoms with Gasteiger partial charge in [-0.3, -0.25) is 0 Å². The highest BCUT2D eigenvalue weighted by atomic mass is 15.3. The molecule has 2 heterocycles. The molecule has 5 heteroatoms. The summed E-state index contributed by atoms with van der Waals surface area (Å²) in [6.45, 7) is 5.10. The van der Waals surface area contributed by atoms with Crippen molar-refractivity contribution in [1.29, 1.82) is 0 Å². The van der Waals surface area contributed by atoms with Gasteiger partial charge in [-0.2, -0.15) is 4.98 Å². The third kappa shape index (κ3) is 2.72. The van der Waals surface area contributed by atoms with Crippen LogP contribution in [-0.2, 0) is 0 Å². The van der Waals surface area contributed by atoms with Crippen LogP contribution in [0.2, 0.25) is 0 Å². The van der Waals surface area contributed by atoms with E-state index in [4.69, 9.17) is 5.73 Å². The molecule has 0 amide bonds. The third-order valence-corrected chi connectivity index (χ3v) is 3.82. The molecular weight excluding hydrogens is 226 g/mol. The summed E-state index contributed by atoms with van der Waals surface area (Å²) >= 11 is 0. The number of aromatic nitrogens is 2. The van der Waals surface area contributed by atoms with Crippen molar-refractivity contribution in [2.75, 3.05) is 43.5 Å². The van der Waals surface area contributed by atoms with E-state index in [2.05, 4.69) is 21.8 Å². The van der Waals surface area contributed by atoms with Gasteiger partial charge < -0.3 is 15.5 Å². The van der Waals surface area contributed by atoms with Gasteiger partial charge in [0.2, 0.25) is 5.95 Å². The summed E-state index contributed by atoms with van der Waals surface area (Å²) in [5, 5.41) is 0. The Labute approximate surface area is 109 Å². The minimum absolute atomic E-state index is 0.300. The van der Waals surface area contributed by atoms with E-state index in [0.29, 0.717) is 5.41 Å². The molecule has 100 valence electrons. The van der Waals surface area contributed by atoms with E-state index in [9.17, 15) is 0 Å². The van der Waals surface area contributed by atoms with Crippen LogP contribution in [0.1, 0.15) is 19.8 Å². The van der Waals surface area contributed by atoms with Crippen LogP contribution in [0.4, 0.5) is 11.8 Å². The van der Waals surface area contributed by atoms with Crippen molar-refractivity contribution in [2.24, 2.45) is 11.1 Å². The molecule has 0 atom stereocenters. The van der Waals surface area contributed by atoms with Crippen LogP contribution in [0.5, 0.6) is 0 Å². The van der Waals surface area contributed by atoms with Gasteiger partial charge in [0, 0.05) is 33.4 Å². The Hall–Kier alpha value is -1.36. The van der Waals surface area contributed by atoms with Gasteiger partial charge in [0.15, 0.2) is 0 Å². The molecule has 0 saturated carbocycles. The first-order valence-corrected chi connectivity index (χ1v) is 6.49. The molecule has 1 fully saturated rings. The first-order chi connectivity index (χ1) is 8.54. The average Bonchev–Trinajstić information content (AvgIpc) is 2.40. The van der Waals surface area contributed by atoms with Gasteiger partial charge in [0.1, 0.15) is 5.82 Å². The number of rotatable bonds is 3. The van der Waals surface area contributed by atoms with E-state index in [1.807, 2.05) is 31.3 Å². The maximum absolute atomic E-state index is 5.83. The summed E-state index contributed by atoms with van der Waals surface area (Å²) < 4.78 is 0. The Kier molecular flexibility index (Phi) is 3.71. The molecule has 1 saturated heterocycles. The fraction of sp³-hybridized carbons (Fsp3) is 0.692. The molecule has 1 aromatic rings. The minimum atomic E-state index is 0.300. The van der Waals surface area contributed by atoms with Crippen molar-refractivity contribution in [3.63, 3.8) is 0 Å². The minimum Gasteiger partial charge on any atom is -0.356 e. The van der Waals surface area contributed by atoms with Gasteiger partial charge in [-0.15, -0.1) is 0 Å². The first kappa shape index (κ1) is 13.1. The Morgan fingerprint density at radius 2 is 2.06 bits per heavy atom. The van der Waals surface area contributed by atoms with Gasteiger partial charge in [-0.1, -0.05) is 6.92 Å². The fourth-order valence-corrected chi connectivity index (χ4v) is 2.21. The topological polar surface area (TPSA) is 58.3 Å². The molecule has 2 rings (SSSR count). The van der Waals surface area contributed by atoms with Gasteiger partial charge in [-0.05, 0) is 30.9 Å². The average molecular weight is 249 g/mol. The molecule has 0 bridgehead atoms. The van der Waals surface area contributed by atoms with E-state index < -0.39 is 0 Å². The van der Waals surface area contributed by atoms with E-state index in [-0.39, 0.29) is 0 Å². The highest BCUT2D eigenvalue weighted by molar-refractivity contribution is 5.43. The molecule has 0 aromatic carbocycles. The van der Waals surface area contributed by atoms with Gasteiger partial charge >= 0.3 is 0 Å². The highest BCUT2D eigenvalue weighted by Crippen LogP contribution is 2.31. The molecule has 5 nitrogen and oxygen atoms in total. The van der Waals surface area contributed by atoms with Crippen LogP contribution in [-0.4, -0.2) is 43.7 Å². The number of nitrogens with two attached hydrogens (primary N) is 1. The SMILES string of the molecule is CN(C)c1nccc(N2CCC(C)(CN)CC2)n1. The number of hydrogen-bond donors (Lipinski definition) is 1. The van der Waals surface area contributed by atoms with Crippen molar-refractivity contribution in [3.05, 3.63) is 12.3 Å². The van der Waals surface area contributed by atoms with Crippen LogP contribution in [0.3, 0.4) is 0 Å².